The highest BCUT2D eigenvalue weighted by Gasteiger charge is 2.45. The zero-order valence-electron chi connectivity index (χ0n) is 11.6. The molecule has 18 heavy (non-hydrogen) atoms. The topological polar surface area (TPSA) is 30.5 Å². The van der Waals surface area contributed by atoms with E-state index in [0.29, 0.717) is 0 Å². The molecule has 0 aromatic rings. The van der Waals surface area contributed by atoms with Crippen molar-refractivity contribution in [2.24, 2.45) is 11.8 Å². The summed E-state index contributed by atoms with van der Waals surface area (Å²) in [6.45, 7) is 6.08. The van der Waals surface area contributed by atoms with E-state index in [2.05, 4.69) is 12.2 Å². The summed E-state index contributed by atoms with van der Waals surface area (Å²) in [5, 5.41) is 3.81. The summed E-state index contributed by atoms with van der Waals surface area (Å²) in [6.07, 6.45) is 7.66. The molecule has 0 radical (unpaired) electrons. The third kappa shape index (κ3) is 2.73. The monoisotopic (exact) mass is 253 g/mol. The summed E-state index contributed by atoms with van der Waals surface area (Å²) in [7, 11) is 0. The van der Waals surface area contributed by atoms with Crippen molar-refractivity contribution in [1.82, 2.24) is 5.32 Å². The fourth-order valence-corrected chi connectivity index (χ4v) is 3.72. The minimum absolute atomic E-state index is 0.0734. The van der Waals surface area contributed by atoms with E-state index in [9.17, 15) is 0 Å². The van der Waals surface area contributed by atoms with Gasteiger partial charge in [-0.05, 0) is 50.5 Å². The Morgan fingerprint density at radius 2 is 2.11 bits per heavy atom. The molecule has 3 rings (SSSR count). The highest BCUT2D eigenvalue weighted by molar-refractivity contribution is 4.98. The van der Waals surface area contributed by atoms with E-state index in [4.69, 9.17) is 9.47 Å². The molecule has 3 unspecified atom stereocenters. The molecule has 1 spiro atoms. The second-order valence-corrected chi connectivity index (χ2v) is 6.40. The lowest BCUT2D eigenvalue weighted by molar-refractivity contribution is -0.104. The van der Waals surface area contributed by atoms with Crippen LogP contribution in [0.25, 0.3) is 0 Å². The molecule has 3 heteroatoms. The zero-order chi connectivity index (χ0) is 12.4. The van der Waals surface area contributed by atoms with Crippen molar-refractivity contribution >= 4 is 0 Å². The predicted molar refractivity (Wildman–Crippen MR) is 71.6 cm³/mol. The molecular formula is C15H27NO2. The maximum Gasteiger partial charge on any atom is 0.0939 e. The largest absolute Gasteiger partial charge is 0.378 e. The van der Waals surface area contributed by atoms with Crippen LogP contribution in [0.3, 0.4) is 0 Å². The molecule has 0 aromatic heterocycles. The maximum absolute atomic E-state index is 6.06. The average molecular weight is 253 g/mol. The van der Waals surface area contributed by atoms with Crippen molar-refractivity contribution in [3.05, 3.63) is 0 Å². The van der Waals surface area contributed by atoms with Gasteiger partial charge in [-0.1, -0.05) is 6.92 Å². The Balaban J connectivity index is 1.62. The summed E-state index contributed by atoms with van der Waals surface area (Å²) in [5.74, 6) is 1.75. The smallest absolute Gasteiger partial charge is 0.0939 e. The van der Waals surface area contributed by atoms with Crippen molar-refractivity contribution in [3.63, 3.8) is 0 Å². The van der Waals surface area contributed by atoms with E-state index in [-0.39, 0.29) is 5.60 Å². The highest BCUT2D eigenvalue weighted by Crippen LogP contribution is 2.43. The number of hydrogen-bond acceptors (Lipinski definition) is 3. The minimum Gasteiger partial charge on any atom is -0.378 e. The van der Waals surface area contributed by atoms with Crippen molar-refractivity contribution in [2.75, 3.05) is 26.4 Å². The van der Waals surface area contributed by atoms with Gasteiger partial charge in [0.25, 0.3) is 0 Å². The van der Waals surface area contributed by atoms with Crippen LogP contribution in [0.4, 0.5) is 0 Å². The van der Waals surface area contributed by atoms with Gasteiger partial charge in [-0.25, -0.2) is 0 Å². The number of hydrogen-bond donors (Lipinski definition) is 1. The summed E-state index contributed by atoms with van der Waals surface area (Å²) in [4.78, 5) is 0. The molecule has 1 N–H and O–H groups in total. The van der Waals surface area contributed by atoms with Gasteiger partial charge in [0.2, 0.25) is 0 Å². The Hall–Kier alpha value is -0.120. The Bertz CT molecular complexity index is 272. The molecule has 3 aliphatic rings. The van der Waals surface area contributed by atoms with E-state index in [1.54, 1.807) is 0 Å². The number of ether oxygens (including phenoxy) is 2. The lowest BCUT2D eigenvalue weighted by atomic mass is 9.79. The minimum atomic E-state index is 0.0734. The Kier molecular flexibility index (Phi) is 3.92. The molecule has 1 aliphatic carbocycles. The van der Waals surface area contributed by atoms with E-state index in [1.165, 1.54) is 38.6 Å². The van der Waals surface area contributed by atoms with Crippen molar-refractivity contribution in [3.8, 4) is 0 Å². The Labute approximate surface area is 111 Å². The molecule has 3 atom stereocenters. The summed E-state index contributed by atoms with van der Waals surface area (Å²) < 4.78 is 11.6. The van der Waals surface area contributed by atoms with Crippen molar-refractivity contribution < 1.29 is 9.47 Å². The average Bonchev–Trinajstić information content (AvgIpc) is 3.13. The third-order valence-electron chi connectivity index (χ3n) is 4.87. The maximum atomic E-state index is 6.06. The molecule has 3 nitrogen and oxygen atoms in total. The normalized spacial score (nSPS) is 38.2. The van der Waals surface area contributed by atoms with Gasteiger partial charge in [0.1, 0.15) is 0 Å². The first-order valence-electron chi connectivity index (χ1n) is 7.78. The van der Waals surface area contributed by atoms with Crippen LogP contribution in [0, 0.1) is 11.8 Å². The Morgan fingerprint density at radius 3 is 2.78 bits per heavy atom. The summed E-state index contributed by atoms with van der Waals surface area (Å²) in [6, 6.07) is 0.742. The van der Waals surface area contributed by atoms with Gasteiger partial charge in [0, 0.05) is 25.7 Å². The molecule has 2 saturated heterocycles. The second-order valence-electron chi connectivity index (χ2n) is 6.40. The third-order valence-corrected chi connectivity index (χ3v) is 4.87. The molecular weight excluding hydrogens is 226 g/mol. The highest BCUT2D eigenvalue weighted by atomic mass is 16.6. The van der Waals surface area contributed by atoms with Gasteiger partial charge in [0.15, 0.2) is 0 Å². The molecule has 0 amide bonds. The van der Waals surface area contributed by atoms with Gasteiger partial charge < -0.3 is 14.8 Å². The first-order chi connectivity index (χ1) is 8.83. The molecule has 2 aliphatic heterocycles. The van der Waals surface area contributed by atoms with Crippen molar-refractivity contribution in [2.45, 2.75) is 57.1 Å². The zero-order valence-corrected chi connectivity index (χ0v) is 11.6. The van der Waals surface area contributed by atoms with Crippen LogP contribution in [0.15, 0.2) is 0 Å². The fraction of sp³-hybridized carbons (Fsp3) is 1.00. The van der Waals surface area contributed by atoms with Gasteiger partial charge in [-0.3, -0.25) is 0 Å². The summed E-state index contributed by atoms with van der Waals surface area (Å²) >= 11 is 0. The molecule has 0 aromatic carbocycles. The van der Waals surface area contributed by atoms with Gasteiger partial charge in [-0.2, -0.15) is 0 Å². The van der Waals surface area contributed by atoms with Gasteiger partial charge in [0.05, 0.1) is 12.2 Å². The van der Waals surface area contributed by atoms with Crippen LogP contribution in [0.1, 0.15) is 45.4 Å². The lowest BCUT2D eigenvalue weighted by Crippen LogP contribution is -2.48. The van der Waals surface area contributed by atoms with E-state index in [0.717, 1.165) is 44.1 Å². The fourth-order valence-electron chi connectivity index (χ4n) is 3.72. The first kappa shape index (κ1) is 12.9. The van der Waals surface area contributed by atoms with E-state index < -0.39 is 0 Å². The molecule has 1 saturated carbocycles. The lowest BCUT2D eigenvalue weighted by Gasteiger charge is -2.41. The standard InChI is InChI=1S/C15H27NO2/c1-2-7-16-14(12-3-4-12)13-5-8-18-15(10-13)6-9-17-11-15/h12-14,16H,2-11H2,1H3. The van der Waals surface area contributed by atoms with Crippen LogP contribution in [-0.2, 0) is 9.47 Å². The summed E-state index contributed by atoms with van der Waals surface area (Å²) in [5.41, 5.74) is 0.0734. The molecule has 3 fully saturated rings. The molecule has 104 valence electrons. The SMILES string of the molecule is CCCNC(C1CC1)C1CCOC2(CCOC2)C1. The van der Waals surface area contributed by atoms with Crippen LogP contribution >= 0.6 is 0 Å². The second kappa shape index (κ2) is 5.48. The van der Waals surface area contributed by atoms with E-state index in [1.807, 2.05) is 0 Å². The van der Waals surface area contributed by atoms with Gasteiger partial charge >= 0.3 is 0 Å². The van der Waals surface area contributed by atoms with Crippen LogP contribution in [-0.4, -0.2) is 38.0 Å². The quantitative estimate of drug-likeness (QED) is 0.816. The number of nitrogens with one attached hydrogen (secondary N) is 1. The van der Waals surface area contributed by atoms with Gasteiger partial charge in [-0.15, -0.1) is 0 Å². The van der Waals surface area contributed by atoms with E-state index >= 15 is 0 Å². The first-order valence-corrected chi connectivity index (χ1v) is 7.78. The number of rotatable bonds is 5. The molecule has 0 bridgehead atoms. The van der Waals surface area contributed by atoms with Crippen molar-refractivity contribution in [1.29, 1.82) is 0 Å². The van der Waals surface area contributed by atoms with Crippen LogP contribution in [0.2, 0.25) is 0 Å². The van der Waals surface area contributed by atoms with Crippen LogP contribution < -0.4 is 5.32 Å². The molecule has 2 heterocycles. The Morgan fingerprint density at radius 1 is 1.22 bits per heavy atom. The predicted octanol–water partition coefficient (Wildman–Crippen LogP) is 2.35. The van der Waals surface area contributed by atoms with Crippen LogP contribution in [0.5, 0.6) is 0 Å².